The Hall–Kier alpha value is -3.17. The van der Waals surface area contributed by atoms with Crippen molar-refractivity contribution in [3.63, 3.8) is 0 Å². The van der Waals surface area contributed by atoms with Gasteiger partial charge < -0.3 is 19.6 Å². The Labute approximate surface area is 193 Å². The van der Waals surface area contributed by atoms with Gasteiger partial charge in [0, 0.05) is 32.4 Å². The third kappa shape index (κ3) is 6.66. The van der Waals surface area contributed by atoms with E-state index in [-0.39, 0.29) is 5.91 Å². The average Bonchev–Trinajstić information content (AvgIpc) is 2.87. The SMILES string of the molecule is CCOc1ccc(CCCC(C(=O)N2CCN(c3ccccn3)CC2)[C@H](O)C(=O)NO)cc1. The lowest BCUT2D eigenvalue weighted by Gasteiger charge is -2.37. The van der Waals surface area contributed by atoms with Crippen LogP contribution in [0.2, 0.25) is 0 Å². The van der Waals surface area contributed by atoms with Crippen molar-refractivity contribution in [2.45, 2.75) is 32.3 Å². The Bertz CT molecular complexity index is 885. The molecule has 2 aromatic rings. The van der Waals surface area contributed by atoms with E-state index >= 15 is 0 Å². The van der Waals surface area contributed by atoms with Crippen LogP contribution in [0.15, 0.2) is 48.7 Å². The van der Waals surface area contributed by atoms with Crippen molar-refractivity contribution >= 4 is 17.6 Å². The van der Waals surface area contributed by atoms with E-state index in [1.807, 2.05) is 49.4 Å². The Kier molecular flexibility index (Phi) is 9.03. The summed E-state index contributed by atoms with van der Waals surface area (Å²) in [4.78, 5) is 33.2. The molecule has 1 aliphatic rings. The van der Waals surface area contributed by atoms with Crippen molar-refractivity contribution in [3.05, 3.63) is 54.2 Å². The predicted octanol–water partition coefficient (Wildman–Crippen LogP) is 1.63. The number of rotatable bonds is 10. The van der Waals surface area contributed by atoms with Crippen LogP contribution in [-0.2, 0) is 16.0 Å². The van der Waals surface area contributed by atoms with E-state index in [9.17, 15) is 14.7 Å². The summed E-state index contributed by atoms with van der Waals surface area (Å²) in [6.07, 6.45) is 1.74. The standard InChI is InChI=1S/C24H32N4O5/c1-2-33-19-11-9-18(10-12-19)6-5-7-20(22(29)23(30)26-32)24(31)28-16-14-27(15-17-28)21-8-3-4-13-25-21/h3-4,8-13,20,22,29,32H,2,5-7,14-17H2,1H3,(H,26,30)/t20?,22-/m0/s1. The van der Waals surface area contributed by atoms with Crippen molar-refractivity contribution in [2.24, 2.45) is 5.92 Å². The molecule has 0 aliphatic carbocycles. The number of piperazine rings is 1. The van der Waals surface area contributed by atoms with E-state index in [1.54, 1.807) is 11.1 Å². The van der Waals surface area contributed by atoms with Gasteiger partial charge in [-0.2, -0.15) is 0 Å². The number of anilines is 1. The first-order valence-electron chi connectivity index (χ1n) is 11.3. The zero-order chi connectivity index (χ0) is 23.6. The molecule has 0 radical (unpaired) electrons. The fourth-order valence-corrected chi connectivity index (χ4v) is 4.04. The summed E-state index contributed by atoms with van der Waals surface area (Å²) in [5, 5.41) is 19.4. The smallest absolute Gasteiger partial charge is 0.272 e. The van der Waals surface area contributed by atoms with Gasteiger partial charge in [-0.15, -0.1) is 0 Å². The molecule has 0 spiro atoms. The molecule has 33 heavy (non-hydrogen) atoms. The number of hydrogen-bond acceptors (Lipinski definition) is 7. The molecule has 1 unspecified atom stereocenters. The van der Waals surface area contributed by atoms with Gasteiger partial charge in [0.1, 0.15) is 17.7 Å². The molecule has 1 aromatic heterocycles. The number of hydroxylamine groups is 1. The summed E-state index contributed by atoms with van der Waals surface area (Å²) >= 11 is 0. The normalized spacial score (nSPS) is 15.6. The third-order valence-corrected chi connectivity index (χ3v) is 5.86. The third-order valence-electron chi connectivity index (χ3n) is 5.86. The molecule has 3 N–H and O–H groups in total. The number of benzene rings is 1. The highest BCUT2D eigenvalue weighted by molar-refractivity contribution is 5.88. The van der Waals surface area contributed by atoms with Crippen LogP contribution in [0.5, 0.6) is 5.75 Å². The zero-order valence-corrected chi connectivity index (χ0v) is 18.9. The maximum Gasteiger partial charge on any atom is 0.272 e. The van der Waals surface area contributed by atoms with Crippen molar-refractivity contribution < 1.29 is 24.6 Å². The van der Waals surface area contributed by atoms with Gasteiger partial charge in [-0.1, -0.05) is 18.2 Å². The molecule has 0 saturated carbocycles. The van der Waals surface area contributed by atoms with Crippen LogP contribution in [0.1, 0.15) is 25.3 Å². The summed E-state index contributed by atoms with van der Waals surface area (Å²) in [5.74, 6) is -0.522. The molecule has 1 aromatic carbocycles. The fraction of sp³-hybridized carbons (Fsp3) is 0.458. The van der Waals surface area contributed by atoms with E-state index < -0.39 is 17.9 Å². The molecule has 1 aliphatic heterocycles. The van der Waals surface area contributed by atoms with Crippen LogP contribution in [0, 0.1) is 5.92 Å². The van der Waals surface area contributed by atoms with Crippen LogP contribution in [0.4, 0.5) is 5.82 Å². The number of nitrogens with one attached hydrogen (secondary N) is 1. The highest BCUT2D eigenvalue weighted by Crippen LogP contribution is 2.21. The second kappa shape index (κ2) is 12.2. The van der Waals surface area contributed by atoms with E-state index in [1.165, 1.54) is 5.48 Å². The lowest BCUT2D eigenvalue weighted by atomic mass is 9.92. The number of nitrogens with zero attached hydrogens (tertiary/aromatic N) is 3. The zero-order valence-electron chi connectivity index (χ0n) is 18.9. The van der Waals surface area contributed by atoms with Gasteiger partial charge >= 0.3 is 0 Å². The highest BCUT2D eigenvalue weighted by atomic mass is 16.5. The van der Waals surface area contributed by atoms with Gasteiger partial charge in [0.15, 0.2) is 0 Å². The van der Waals surface area contributed by atoms with Crippen LogP contribution >= 0.6 is 0 Å². The van der Waals surface area contributed by atoms with Crippen LogP contribution in [0.3, 0.4) is 0 Å². The van der Waals surface area contributed by atoms with E-state index in [4.69, 9.17) is 9.94 Å². The number of aliphatic hydroxyl groups is 1. The minimum atomic E-state index is -1.61. The fourth-order valence-electron chi connectivity index (χ4n) is 4.04. The lowest BCUT2D eigenvalue weighted by molar-refractivity contribution is -0.151. The van der Waals surface area contributed by atoms with Gasteiger partial charge in [-0.05, 0) is 56.0 Å². The quantitative estimate of drug-likeness (QED) is 0.368. The molecule has 2 heterocycles. The van der Waals surface area contributed by atoms with Gasteiger partial charge in [-0.25, -0.2) is 10.5 Å². The van der Waals surface area contributed by atoms with Gasteiger partial charge in [-0.3, -0.25) is 14.8 Å². The van der Waals surface area contributed by atoms with Gasteiger partial charge in [0.2, 0.25) is 5.91 Å². The largest absolute Gasteiger partial charge is 0.494 e. The molecule has 9 nitrogen and oxygen atoms in total. The second-order valence-corrected chi connectivity index (χ2v) is 8.00. The Morgan fingerprint density at radius 3 is 2.45 bits per heavy atom. The van der Waals surface area contributed by atoms with Crippen LogP contribution in [0.25, 0.3) is 0 Å². The van der Waals surface area contributed by atoms with E-state index in [2.05, 4.69) is 9.88 Å². The minimum Gasteiger partial charge on any atom is -0.494 e. The number of hydrogen-bond donors (Lipinski definition) is 3. The number of aromatic nitrogens is 1. The number of carbonyl (C=O) groups excluding carboxylic acids is 2. The first-order valence-corrected chi connectivity index (χ1v) is 11.3. The van der Waals surface area contributed by atoms with Crippen LogP contribution < -0.4 is 15.1 Å². The van der Waals surface area contributed by atoms with Gasteiger partial charge in [0.05, 0.1) is 12.5 Å². The number of aliphatic hydroxyl groups excluding tert-OH is 1. The number of amides is 2. The van der Waals surface area contributed by atoms with E-state index in [0.29, 0.717) is 52.0 Å². The number of aryl methyl sites for hydroxylation is 1. The lowest BCUT2D eigenvalue weighted by Crippen LogP contribution is -2.53. The van der Waals surface area contributed by atoms with Crippen LogP contribution in [-0.4, -0.2) is 70.9 Å². The van der Waals surface area contributed by atoms with E-state index in [0.717, 1.165) is 17.1 Å². The topological polar surface area (TPSA) is 115 Å². The van der Waals surface area contributed by atoms with Crippen molar-refractivity contribution in [3.8, 4) is 5.75 Å². The summed E-state index contributed by atoms with van der Waals surface area (Å²) in [6.45, 7) is 4.70. The van der Waals surface area contributed by atoms with Gasteiger partial charge in [0.25, 0.3) is 5.91 Å². The predicted molar refractivity (Wildman–Crippen MR) is 123 cm³/mol. The Morgan fingerprint density at radius 2 is 1.85 bits per heavy atom. The van der Waals surface area contributed by atoms with Crippen molar-refractivity contribution in [2.75, 3.05) is 37.7 Å². The molecule has 1 saturated heterocycles. The number of pyridine rings is 1. The molecule has 2 atom stereocenters. The number of carbonyl (C=O) groups is 2. The monoisotopic (exact) mass is 456 g/mol. The first-order chi connectivity index (χ1) is 16.0. The summed E-state index contributed by atoms with van der Waals surface area (Å²) < 4.78 is 5.45. The van der Waals surface area contributed by atoms with Crippen molar-refractivity contribution in [1.82, 2.24) is 15.4 Å². The molecule has 0 bridgehead atoms. The van der Waals surface area contributed by atoms with Crippen molar-refractivity contribution in [1.29, 1.82) is 0 Å². The average molecular weight is 457 g/mol. The second-order valence-electron chi connectivity index (χ2n) is 8.00. The molecule has 2 amide bonds. The minimum absolute atomic E-state index is 0.279. The molecule has 9 heteroatoms. The molecular weight excluding hydrogens is 424 g/mol. The molecule has 178 valence electrons. The Morgan fingerprint density at radius 1 is 1.12 bits per heavy atom. The maximum absolute atomic E-state index is 13.2. The summed E-state index contributed by atoms with van der Waals surface area (Å²) in [7, 11) is 0. The molecular formula is C24H32N4O5. The molecule has 1 fully saturated rings. The maximum atomic E-state index is 13.2. The molecule has 3 rings (SSSR count). The number of ether oxygens (including phenoxy) is 1. The Balaban J connectivity index is 1.59. The summed E-state index contributed by atoms with van der Waals surface area (Å²) in [6, 6.07) is 13.4. The summed E-state index contributed by atoms with van der Waals surface area (Å²) in [5.41, 5.74) is 2.55. The highest BCUT2D eigenvalue weighted by Gasteiger charge is 2.35. The first kappa shape index (κ1) is 24.5.